The first-order chi connectivity index (χ1) is 23.6. The van der Waals surface area contributed by atoms with Gasteiger partial charge in [-0.2, -0.15) is 0 Å². The summed E-state index contributed by atoms with van der Waals surface area (Å²) in [5.41, 5.74) is 1.10. The predicted molar refractivity (Wildman–Crippen MR) is 183 cm³/mol. The number of hydrogen-bond acceptors (Lipinski definition) is 11. The number of rotatable bonds is 16. The molecular formula is C36H43BN2O11. The Kier molecular flexibility index (Phi) is 14.5. The topological polar surface area (TPSA) is 198 Å². The van der Waals surface area contributed by atoms with Crippen molar-refractivity contribution < 1.29 is 53.3 Å². The summed E-state index contributed by atoms with van der Waals surface area (Å²) in [5, 5.41) is 34.0. The van der Waals surface area contributed by atoms with E-state index < -0.39 is 73.3 Å². The number of esters is 2. The largest absolute Gasteiger partial charge is 0.508 e. The van der Waals surface area contributed by atoms with E-state index in [1.165, 1.54) is 24.3 Å². The number of ketones is 1. The van der Waals surface area contributed by atoms with Crippen LogP contribution in [0.3, 0.4) is 0 Å². The third-order valence-corrected chi connectivity index (χ3v) is 7.43. The number of hydrogen-bond donors (Lipinski definition) is 5. The van der Waals surface area contributed by atoms with Crippen molar-refractivity contribution in [2.45, 2.75) is 70.7 Å². The maximum atomic E-state index is 13.8. The summed E-state index contributed by atoms with van der Waals surface area (Å²) in [6, 6.07) is 18.5. The number of phenolic OH excluding ortho intramolecular Hbond substituents is 1. The van der Waals surface area contributed by atoms with E-state index in [1.54, 1.807) is 75.4 Å². The van der Waals surface area contributed by atoms with Crippen molar-refractivity contribution in [2.75, 3.05) is 7.11 Å². The van der Waals surface area contributed by atoms with E-state index in [2.05, 4.69) is 10.6 Å². The minimum absolute atomic E-state index is 0.0544. The molecule has 5 N–H and O–H groups in total. The number of benzene rings is 3. The standard InChI is InChI=1S/C36H43BN2O11/c1-36(2,3)50-35(45)39-29(19-25-11-8-12-28(40)17-25)31(41)20-26(21-32(42)48-4)33(43)38-30(18-23-13-15-27(16-14-23)37(46)47)34(44)49-22-24-9-6-5-7-10-24/h5-17,26,29-30,40,46-47H,18-22H2,1-4H3,(H,38,43)(H,39,45)/t26-,29-,30-/m0/s1. The van der Waals surface area contributed by atoms with E-state index >= 15 is 0 Å². The first-order valence-electron chi connectivity index (χ1n) is 16.0. The second-order valence-corrected chi connectivity index (χ2v) is 12.7. The van der Waals surface area contributed by atoms with Crippen LogP contribution in [0.4, 0.5) is 4.79 Å². The van der Waals surface area contributed by atoms with Gasteiger partial charge in [0, 0.05) is 19.3 Å². The maximum Gasteiger partial charge on any atom is 0.488 e. The minimum atomic E-state index is -1.70. The molecule has 0 fully saturated rings. The van der Waals surface area contributed by atoms with E-state index in [9.17, 15) is 39.1 Å². The molecule has 3 atom stereocenters. The fourth-order valence-corrected chi connectivity index (χ4v) is 4.92. The molecule has 266 valence electrons. The van der Waals surface area contributed by atoms with Crippen molar-refractivity contribution in [1.29, 1.82) is 0 Å². The molecule has 0 aliphatic carbocycles. The van der Waals surface area contributed by atoms with Crippen molar-refractivity contribution >= 4 is 42.3 Å². The van der Waals surface area contributed by atoms with Gasteiger partial charge >= 0.3 is 25.2 Å². The summed E-state index contributed by atoms with van der Waals surface area (Å²) >= 11 is 0. The van der Waals surface area contributed by atoms with Gasteiger partial charge in [0.2, 0.25) is 5.91 Å². The van der Waals surface area contributed by atoms with Crippen LogP contribution in [0.5, 0.6) is 5.75 Å². The number of phenols is 1. The van der Waals surface area contributed by atoms with Crippen molar-refractivity contribution in [3.63, 3.8) is 0 Å². The highest BCUT2D eigenvalue weighted by Crippen LogP contribution is 2.19. The monoisotopic (exact) mass is 690 g/mol. The summed E-state index contributed by atoms with van der Waals surface area (Å²) in [5.74, 6) is -4.39. The van der Waals surface area contributed by atoms with Gasteiger partial charge in [0.25, 0.3) is 0 Å². The quantitative estimate of drug-likeness (QED) is 0.0839. The number of aromatic hydroxyl groups is 1. The van der Waals surface area contributed by atoms with E-state index in [0.29, 0.717) is 16.7 Å². The average Bonchev–Trinajstić information content (AvgIpc) is 3.06. The van der Waals surface area contributed by atoms with Gasteiger partial charge in [-0.1, -0.05) is 66.7 Å². The Labute approximate surface area is 291 Å². The lowest BCUT2D eigenvalue weighted by Gasteiger charge is -2.25. The second-order valence-electron chi connectivity index (χ2n) is 12.7. The van der Waals surface area contributed by atoms with Crippen LogP contribution in [-0.2, 0) is 52.8 Å². The van der Waals surface area contributed by atoms with Crippen molar-refractivity contribution in [3.8, 4) is 5.75 Å². The Morgan fingerprint density at radius 2 is 1.42 bits per heavy atom. The summed E-state index contributed by atoms with van der Waals surface area (Å²) < 4.78 is 15.6. The van der Waals surface area contributed by atoms with Gasteiger partial charge in [0.15, 0.2) is 5.78 Å². The zero-order valence-electron chi connectivity index (χ0n) is 28.5. The zero-order valence-corrected chi connectivity index (χ0v) is 28.5. The normalized spacial score (nSPS) is 12.8. The molecule has 14 heteroatoms. The van der Waals surface area contributed by atoms with Crippen LogP contribution < -0.4 is 16.1 Å². The van der Waals surface area contributed by atoms with E-state index in [-0.39, 0.29) is 30.7 Å². The first-order valence-corrected chi connectivity index (χ1v) is 16.0. The van der Waals surface area contributed by atoms with Crippen molar-refractivity contribution in [1.82, 2.24) is 10.6 Å². The molecular weight excluding hydrogens is 647 g/mol. The molecule has 50 heavy (non-hydrogen) atoms. The molecule has 3 aromatic rings. The Morgan fingerprint density at radius 1 is 0.780 bits per heavy atom. The highest BCUT2D eigenvalue weighted by Gasteiger charge is 2.33. The number of amides is 2. The minimum Gasteiger partial charge on any atom is -0.508 e. The lowest BCUT2D eigenvalue weighted by molar-refractivity contribution is -0.150. The summed E-state index contributed by atoms with van der Waals surface area (Å²) in [6.45, 7) is 4.88. The van der Waals surface area contributed by atoms with E-state index in [4.69, 9.17) is 14.2 Å². The molecule has 0 heterocycles. The molecule has 0 unspecified atom stereocenters. The van der Waals surface area contributed by atoms with Gasteiger partial charge in [-0.3, -0.25) is 14.4 Å². The lowest BCUT2D eigenvalue weighted by Crippen LogP contribution is -2.48. The SMILES string of the molecule is COC(=O)C[C@H](CC(=O)[C@H](Cc1cccc(O)c1)NC(=O)OC(C)(C)C)C(=O)N[C@@H](Cc1ccc(B(O)O)cc1)C(=O)OCc1ccccc1. The third-order valence-electron chi connectivity index (χ3n) is 7.43. The Bertz CT molecular complexity index is 1610. The maximum absolute atomic E-state index is 13.8. The van der Waals surface area contributed by atoms with Gasteiger partial charge < -0.3 is 40.0 Å². The van der Waals surface area contributed by atoms with Crippen LogP contribution in [0.25, 0.3) is 0 Å². The van der Waals surface area contributed by atoms with Crippen LogP contribution in [0.15, 0.2) is 78.9 Å². The first kappa shape index (κ1) is 39.2. The van der Waals surface area contributed by atoms with E-state index in [1.807, 2.05) is 0 Å². The van der Waals surface area contributed by atoms with Crippen LogP contribution >= 0.6 is 0 Å². The van der Waals surface area contributed by atoms with Crippen LogP contribution in [0.2, 0.25) is 0 Å². The fraction of sp³-hybridized carbons (Fsp3) is 0.361. The molecule has 0 aliphatic heterocycles. The molecule has 0 spiro atoms. The molecule has 0 bridgehead atoms. The summed E-state index contributed by atoms with van der Waals surface area (Å²) in [6.07, 6.45) is -2.07. The number of nitrogens with one attached hydrogen (secondary N) is 2. The van der Waals surface area contributed by atoms with Gasteiger partial charge in [0.05, 0.1) is 25.5 Å². The summed E-state index contributed by atoms with van der Waals surface area (Å²) in [4.78, 5) is 66.1. The number of methoxy groups -OCH3 is 1. The summed E-state index contributed by atoms with van der Waals surface area (Å²) in [7, 11) is -0.571. The number of alkyl carbamates (subject to hydrolysis) is 1. The third kappa shape index (κ3) is 13.4. The van der Waals surface area contributed by atoms with Crippen molar-refractivity contribution in [3.05, 3.63) is 95.6 Å². The van der Waals surface area contributed by atoms with Gasteiger partial charge in [-0.05, 0) is 55.1 Å². The lowest BCUT2D eigenvalue weighted by atomic mass is 9.80. The second kappa shape index (κ2) is 18.5. The smallest absolute Gasteiger partial charge is 0.488 e. The molecule has 0 aliphatic rings. The molecule has 0 radical (unpaired) electrons. The highest BCUT2D eigenvalue weighted by atomic mass is 16.6. The molecule has 0 aromatic heterocycles. The molecule has 3 aromatic carbocycles. The van der Waals surface area contributed by atoms with Crippen molar-refractivity contribution in [2.24, 2.45) is 5.92 Å². The Hall–Kier alpha value is -5.21. The Morgan fingerprint density at radius 3 is 2.02 bits per heavy atom. The van der Waals surface area contributed by atoms with Crippen LogP contribution in [0.1, 0.15) is 50.3 Å². The van der Waals surface area contributed by atoms with Gasteiger partial charge in [-0.25, -0.2) is 9.59 Å². The van der Waals surface area contributed by atoms with Crippen LogP contribution in [0, 0.1) is 5.92 Å². The number of carbonyl (C=O) groups excluding carboxylic acids is 5. The van der Waals surface area contributed by atoms with Gasteiger partial charge in [0.1, 0.15) is 24.0 Å². The molecule has 2 amide bonds. The average molecular weight is 691 g/mol. The van der Waals surface area contributed by atoms with Gasteiger partial charge in [-0.15, -0.1) is 0 Å². The zero-order chi connectivity index (χ0) is 36.8. The number of ether oxygens (including phenoxy) is 3. The van der Waals surface area contributed by atoms with E-state index in [0.717, 1.165) is 7.11 Å². The molecule has 0 saturated carbocycles. The number of Topliss-reactive ketones (excluding diaryl/α,β-unsaturated/α-hetero) is 1. The molecule has 13 nitrogen and oxygen atoms in total. The predicted octanol–water partition coefficient (Wildman–Crippen LogP) is 2.12. The fourth-order valence-electron chi connectivity index (χ4n) is 4.92. The molecule has 0 saturated heterocycles. The highest BCUT2D eigenvalue weighted by molar-refractivity contribution is 6.58. The molecule has 3 rings (SSSR count). The Balaban J connectivity index is 1.87. The van der Waals surface area contributed by atoms with Crippen LogP contribution in [-0.4, -0.2) is 76.8 Å². The number of carbonyl (C=O) groups is 5.